The standard InChI is InChI=1S/C19H18O5/c1-3-12-23-16-8-6-15(7-9-16)19(22)24-17-10-4-14(5-11-17)13(2)18(20)21/h4-11H,2-3,12H2,1H3,(H,20,21). The third kappa shape index (κ3) is 4.46. The fraction of sp³-hybridized carbons (Fsp3) is 0.158. The molecule has 0 fully saturated rings. The molecule has 0 saturated carbocycles. The average molecular weight is 326 g/mol. The molecule has 0 bridgehead atoms. The monoisotopic (exact) mass is 326 g/mol. The molecule has 2 rings (SSSR count). The number of carbonyl (C=O) groups excluding carboxylic acids is 1. The summed E-state index contributed by atoms with van der Waals surface area (Å²) in [5.74, 6) is -0.565. The van der Waals surface area contributed by atoms with Gasteiger partial charge in [-0.2, -0.15) is 0 Å². The number of carboxylic acids is 1. The van der Waals surface area contributed by atoms with E-state index in [-0.39, 0.29) is 5.57 Å². The van der Waals surface area contributed by atoms with Crippen molar-refractivity contribution in [1.29, 1.82) is 0 Å². The number of ether oxygens (including phenoxy) is 2. The molecule has 0 radical (unpaired) electrons. The van der Waals surface area contributed by atoms with E-state index < -0.39 is 11.9 Å². The average Bonchev–Trinajstić information content (AvgIpc) is 2.60. The molecule has 2 aromatic carbocycles. The van der Waals surface area contributed by atoms with Crippen LogP contribution in [0.2, 0.25) is 0 Å². The fourth-order valence-corrected chi connectivity index (χ4v) is 1.92. The normalized spacial score (nSPS) is 10.0. The van der Waals surface area contributed by atoms with Crippen molar-refractivity contribution in [2.45, 2.75) is 13.3 Å². The topological polar surface area (TPSA) is 72.8 Å². The minimum atomic E-state index is -1.09. The second-order valence-corrected chi connectivity index (χ2v) is 5.07. The second kappa shape index (κ2) is 7.97. The molecule has 1 N–H and O–H groups in total. The highest BCUT2D eigenvalue weighted by Gasteiger charge is 2.11. The Kier molecular flexibility index (Phi) is 5.73. The van der Waals surface area contributed by atoms with Gasteiger partial charge in [-0.25, -0.2) is 9.59 Å². The van der Waals surface area contributed by atoms with Crippen LogP contribution in [0, 0.1) is 0 Å². The molecule has 0 amide bonds. The summed E-state index contributed by atoms with van der Waals surface area (Å²) in [6.07, 6.45) is 0.911. The van der Waals surface area contributed by atoms with Crippen LogP contribution in [-0.4, -0.2) is 23.7 Å². The molecule has 0 saturated heterocycles. The largest absolute Gasteiger partial charge is 0.494 e. The Morgan fingerprint density at radius 1 is 0.958 bits per heavy atom. The summed E-state index contributed by atoms with van der Waals surface area (Å²) in [5.41, 5.74) is 0.841. The first kappa shape index (κ1) is 17.3. The number of hydrogen-bond acceptors (Lipinski definition) is 4. The van der Waals surface area contributed by atoms with Crippen LogP contribution < -0.4 is 9.47 Å². The Hall–Kier alpha value is -3.08. The molecule has 24 heavy (non-hydrogen) atoms. The van der Waals surface area contributed by atoms with E-state index in [1.165, 1.54) is 12.1 Å². The van der Waals surface area contributed by atoms with Gasteiger partial charge in [0.1, 0.15) is 11.5 Å². The van der Waals surface area contributed by atoms with Crippen LogP contribution in [0.15, 0.2) is 55.1 Å². The van der Waals surface area contributed by atoms with Gasteiger partial charge in [0.25, 0.3) is 0 Å². The van der Waals surface area contributed by atoms with Gasteiger partial charge in [-0.05, 0) is 48.4 Å². The smallest absolute Gasteiger partial charge is 0.343 e. The van der Waals surface area contributed by atoms with Crippen molar-refractivity contribution in [2.75, 3.05) is 6.61 Å². The van der Waals surface area contributed by atoms with Crippen molar-refractivity contribution in [2.24, 2.45) is 0 Å². The summed E-state index contributed by atoms with van der Waals surface area (Å²) in [5, 5.41) is 8.88. The van der Waals surface area contributed by atoms with Gasteiger partial charge in [0.15, 0.2) is 0 Å². The number of hydrogen-bond donors (Lipinski definition) is 1. The summed E-state index contributed by atoms with van der Waals surface area (Å²) in [6, 6.07) is 12.8. The van der Waals surface area contributed by atoms with E-state index in [0.717, 1.165) is 6.42 Å². The second-order valence-electron chi connectivity index (χ2n) is 5.07. The molecule has 0 aromatic heterocycles. The zero-order valence-electron chi connectivity index (χ0n) is 13.3. The Bertz CT molecular complexity index is 729. The van der Waals surface area contributed by atoms with Crippen LogP contribution in [0.4, 0.5) is 0 Å². The molecule has 0 aliphatic carbocycles. The molecule has 0 atom stereocenters. The van der Waals surface area contributed by atoms with Crippen molar-refractivity contribution in [1.82, 2.24) is 0 Å². The molecule has 0 heterocycles. The zero-order valence-corrected chi connectivity index (χ0v) is 13.3. The van der Waals surface area contributed by atoms with Crippen molar-refractivity contribution in [3.05, 3.63) is 66.2 Å². The molecule has 0 spiro atoms. The van der Waals surface area contributed by atoms with Gasteiger partial charge >= 0.3 is 11.9 Å². The van der Waals surface area contributed by atoms with Crippen molar-refractivity contribution in [3.8, 4) is 11.5 Å². The summed E-state index contributed by atoms with van der Waals surface area (Å²) in [6.45, 7) is 6.11. The predicted octanol–water partition coefficient (Wildman–Crippen LogP) is 3.79. The lowest BCUT2D eigenvalue weighted by Crippen LogP contribution is -2.08. The fourth-order valence-electron chi connectivity index (χ4n) is 1.92. The summed E-state index contributed by atoms with van der Waals surface area (Å²) >= 11 is 0. The maximum absolute atomic E-state index is 12.1. The highest BCUT2D eigenvalue weighted by atomic mass is 16.5. The van der Waals surface area contributed by atoms with Gasteiger partial charge in [-0.15, -0.1) is 0 Å². The SMILES string of the molecule is C=C(C(=O)O)c1ccc(OC(=O)c2ccc(OCCC)cc2)cc1. The molecule has 0 unspecified atom stereocenters. The van der Waals surface area contributed by atoms with Crippen LogP contribution in [0.25, 0.3) is 5.57 Å². The highest BCUT2D eigenvalue weighted by molar-refractivity contribution is 6.14. The Labute approximate surface area is 140 Å². The maximum Gasteiger partial charge on any atom is 0.343 e. The molecule has 5 nitrogen and oxygen atoms in total. The molecule has 0 aliphatic heterocycles. The molecule has 5 heteroatoms. The minimum absolute atomic E-state index is 0.0180. The number of carbonyl (C=O) groups is 2. The van der Waals surface area contributed by atoms with Crippen LogP contribution >= 0.6 is 0 Å². The van der Waals surface area contributed by atoms with E-state index in [2.05, 4.69) is 6.58 Å². The van der Waals surface area contributed by atoms with Gasteiger partial charge in [0.05, 0.1) is 17.7 Å². The van der Waals surface area contributed by atoms with E-state index in [9.17, 15) is 9.59 Å². The third-order valence-corrected chi connectivity index (χ3v) is 3.23. The number of aliphatic carboxylic acids is 1. The minimum Gasteiger partial charge on any atom is -0.494 e. The lowest BCUT2D eigenvalue weighted by atomic mass is 10.1. The molecule has 124 valence electrons. The molecule has 0 aliphatic rings. The lowest BCUT2D eigenvalue weighted by molar-refractivity contribution is -0.130. The summed E-state index contributed by atoms with van der Waals surface area (Å²) in [7, 11) is 0. The van der Waals surface area contributed by atoms with Crippen molar-refractivity contribution in [3.63, 3.8) is 0 Å². The van der Waals surface area contributed by atoms with E-state index in [1.807, 2.05) is 6.92 Å². The van der Waals surface area contributed by atoms with Crippen LogP contribution in [0.5, 0.6) is 11.5 Å². The number of rotatable bonds is 7. The van der Waals surface area contributed by atoms with Gasteiger partial charge < -0.3 is 14.6 Å². The summed E-state index contributed by atoms with van der Waals surface area (Å²) in [4.78, 5) is 22.9. The first-order valence-corrected chi connectivity index (χ1v) is 7.49. The molecule has 2 aromatic rings. The first-order chi connectivity index (χ1) is 11.5. The van der Waals surface area contributed by atoms with E-state index in [1.54, 1.807) is 36.4 Å². The molecular weight excluding hydrogens is 308 g/mol. The van der Waals surface area contributed by atoms with E-state index in [0.29, 0.717) is 29.2 Å². The third-order valence-electron chi connectivity index (χ3n) is 3.23. The number of benzene rings is 2. The van der Waals surface area contributed by atoms with E-state index >= 15 is 0 Å². The van der Waals surface area contributed by atoms with Crippen molar-refractivity contribution < 1.29 is 24.2 Å². The predicted molar refractivity (Wildman–Crippen MR) is 90.3 cm³/mol. The van der Waals surface area contributed by atoms with Crippen LogP contribution in [0.1, 0.15) is 29.3 Å². The lowest BCUT2D eigenvalue weighted by Gasteiger charge is -2.07. The van der Waals surface area contributed by atoms with Crippen LogP contribution in [0.3, 0.4) is 0 Å². The Balaban J connectivity index is 2.01. The Morgan fingerprint density at radius 2 is 1.50 bits per heavy atom. The van der Waals surface area contributed by atoms with E-state index in [4.69, 9.17) is 14.6 Å². The highest BCUT2D eigenvalue weighted by Crippen LogP contribution is 2.19. The Morgan fingerprint density at radius 3 is 2.04 bits per heavy atom. The van der Waals surface area contributed by atoms with Crippen molar-refractivity contribution >= 4 is 17.5 Å². The van der Waals surface area contributed by atoms with Gasteiger partial charge in [-0.1, -0.05) is 25.6 Å². The first-order valence-electron chi connectivity index (χ1n) is 7.49. The summed E-state index contributed by atoms with van der Waals surface area (Å²) < 4.78 is 10.7. The quantitative estimate of drug-likeness (QED) is 0.476. The van der Waals surface area contributed by atoms with Gasteiger partial charge in [0.2, 0.25) is 0 Å². The van der Waals surface area contributed by atoms with Gasteiger partial charge in [-0.3, -0.25) is 0 Å². The molecular formula is C19H18O5. The van der Waals surface area contributed by atoms with Crippen LogP contribution in [-0.2, 0) is 4.79 Å². The number of carboxylic acid groups (broad SMARTS) is 1. The zero-order chi connectivity index (χ0) is 17.5. The number of esters is 1. The maximum atomic E-state index is 12.1. The van der Waals surface area contributed by atoms with Gasteiger partial charge in [0, 0.05) is 0 Å².